The summed E-state index contributed by atoms with van der Waals surface area (Å²) in [6.07, 6.45) is 0. The highest BCUT2D eigenvalue weighted by Gasteiger charge is 2.13. The van der Waals surface area contributed by atoms with Gasteiger partial charge in [0.15, 0.2) is 0 Å². The van der Waals surface area contributed by atoms with E-state index in [4.69, 9.17) is 4.98 Å². The van der Waals surface area contributed by atoms with Crippen LogP contribution >= 0.6 is 27.3 Å². The van der Waals surface area contributed by atoms with Gasteiger partial charge in [-0.15, -0.1) is 11.3 Å². The Morgan fingerprint density at radius 2 is 1.33 bits per heavy atom. The molecule has 5 aromatic rings. The summed E-state index contributed by atoms with van der Waals surface area (Å²) in [4.78, 5) is 7.51. The van der Waals surface area contributed by atoms with Gasteiger partial charge < -0.3 is 0 Å². The Balaban J connectivity index is 1.73. The zero-order chi connectivity index (χ0) is 18.2. The number of alkyl halides is 1. The molecule has 0 aliphatic heterocycles. The molecule has 0 spiro atoms. The van der Waals surface area contributed by atoms with Gasteiger partial charge in [-0.3, -0.25) is 0 Å². The Morgan fingerprint density at radius 3 is 2.19 bits per heavy atom. The molecule has 0 radical (unpaired) electrons. The van der Waals surface area contributed by atoms with Crippen molar-refractivity contribution in [2.75, 3.05) is 0 Å². The molecule has 0 amide bonds. The molecule has 0 aliphatic carbocycles. The third-order valence-electron chi connectivity index (χ3n) is 4.87. The molecule has 3 heteroatoms. The van der Waals surface area contributed by atoms with Crippen LogP contribution in [0.3, 0.4) is 0 Å². The SMILES string of the molecule is BrCc1ccccc1-c1ccc(-c2nc3ccccc3c3ccccc23)s1. The number of fused-ring (bicyclic) bond motifs is 3. The smallest absolute Gasteiger partial charge is 0.0887 e. The molecule has 2 heterocycles. The van der Waals surface area contributed by atoms with E-state index in [0.29, 0.717) is 0 Å². The van der Waals surface area contributed by atoms with Crippen LogP contribution in [0.15, 0.2) is 84.9 Å². The minimum absolute atomic E-state index is 0.855. The molecule has 0 bridgehead atoms. The van der Waals surface area contributed by atoms with E-state index in [0.717, 1.165) is 16.5 Å². The number of hydrogen-bond donors (Lipinski definition) is 0. The zero-order valence-electron chi connectivity index (χ0n) is 14.5. The highest BCUT2D eigenvalue weighted by Crippen LogP contribution is 2.39. The molecule has 3 aromatic carbocycles. The van der Waals surface area contributed by atoms with Crippen molar-refractivity contribution in [1.82, 2.24) is 4.98 Å². The van der Waals surface area contributed by atoms with Crippen LogP contribution in [0.2, 0.25) is 0 Å². The summed E-state index contributed by atoms with van der Waals surface area (Å²) in [5.74, 6) is 0. The van der Waals surface area contributed by atoms with Crippen LogP contribution in [-0.4, -0.2) is 4.98 Å². The molecule has 5 rings (SSSR count). The number of thiophene rings is 1. The highest BCUT2D eigenvalue weighted by molar-refractivity contribution is 9.08. The van der Waals surface area contributed by atoms with Crippen LogP contribution in [0.25, 0.3) is 42.7 Å². The normalized spacial score (nSPS) is 11.3. The molecule has 0 unspecified atom stereocenters. The fraction of sp³-hybridized carbons (Fsp3) is 0.0417. The summed E-state index contributed by atoms with van der Waals surface area (Å²) in [6.45, 7) is 0. The lowest BCUT2D eigenvalue weighted by atomic mass is 10.0. The first kappa shape index (κ1) is 16.7. The van der Waals surface area contributed by atoms with E-state index in [-0.39, 0.29) is 0 Å². The first-order valence-corrected chi connectivity index (χ1v) is 10.8. The first-order valence-electron chi connectivity index (χ1n) is 8.87. The number of hydrogen-bond acceptors (Lipinski definition) is 2. The molecular formula is C24H16BrNS. The van der Waals surface area contributed by atoms with Crippen LogP contribution in [0.1, 0.15) is 5.56 Å². The standard InChI is InChI=1S/C24H16BrNS/c25-15-16-7-1-2-8-17(16)22-13-14-23(27-22)24-20-11-4-3-9-18(20)19-10-5-6-12-21(19)26-24/h1-14H,15H2. The largest absolute Gasteiger partial charge is 0.246 e. The van der Waals surface area contributed by atoms with Gasteiger partial charge in [-0.05, 0) is 34.7 Å². The van der Waals surface area contributed by atoms with E-state index < -0.39 is 0 Å². The van der Waals surface area contributed by atoms with Gasteiger partial charge in [0, 0.05) is 21.0 Å². The fourth-order valence-corrected chi connectivity index (χ4v) is 5.14. The maximum absolute atomic E-state index is 5.02. The second kappa shape index (κ2) is 6.91. The second-order valence-electron chi connectivity index (χ2n) is 6.48. The molecule has 27 heavy (non-hydrogen) atoms. The van der Waals surface area contributed by atoms with Crippen molar-refractivity contribution in [3.63, 3.8) is 0 Å². The van der Waals surface area contributed by atoms with Crippen LogP contribution < -0.4 is 0 Å². The fourth-order valence-electron chi connectivity index (χ4n) is 3.58. The number of aromatic nitrogens is 1. The predicted octanol–water partition coefficient (Wildman–Crippen LogP) is 7.68. The van der Waals surface area contributed by atoms with Crippen LogP contribution in [0.5, 0.6) is 0 Å². The summed E-state index contributed by atoms with van der Waals surface area (Å²) in [5, 5.41) is 4.53. The molecule has 0 fully saturated rings. The molecular weight excluding hydrogens is 414 g/mol. The van der Waals surface area contributed by atoms with Crippen molar-refractivity contribution in [2.24, 2.45) is 0 Å². The lowest BCUT2D eigenvalue weighted by Crippen LogP contribution is -1.87. The van der Waals surface area contributed by atoms with E-state index >= 15 is 0 Å². The Kier molecular flexibility index (Phi) is 4.27. The maximum atomic E-state index is 5.02. The molecule has 1 nitrogen and oxygen atoms in total. The molecule has 2 aromatic heterocycles. The monoisotopic (exact) mass is 429 g/mol. The minimum Gasteiger partial charge on any atom is -0.246 e. The van der Waals surface area contributed by atoms with Gasteiger partial charge in [-0.25, -0.2) is 4.98 Å². The topological polar surface area (TPSA) is 12.9 Å². The van der Waals surface area contributed by atoms with Crippen molar-refractivity contribution in [1.29, 1.82) is 0 Å². The molecule has 0 aliphatic rings. The third kappa shape index (κ3) is 2.88. The van der Waals surface area contributed by atoms with E-state index in [1.807, 2.05) is 11.3 Å². The average molecular weight is 430 g/mol. The number of halogens is 1. The Labute approximate surface area is 170 Å². The van der Waals surface area contributed by atoms with Crippen molar-refractivity contribution in [3.05, 3.63) is 90.5 Å². The molecule has 0 saturated carbocycles. The number of pyridine rings is 1. The number of benzene rings is 3. The van der Waals surface area contributed by atoms with Gasteiger partial charge >= 0.3 is 0 Å². The minimum atomic E-state index is 0.855. The summed E-state index contributed by atoms with van der Waals surface area (Å²) in [6, 6.07) is 29.9. The molecule has 0 saturated heterocycles. The lowest BCUT2D eigenvalue weighted by molar-refractivity contribution is 1.44. The van der Waals surface area contributed by atoms with E-state index in [9.17, 15) is 0 Å². The van der Waals surface area contributed by atoms with Gasteiger partial charge in [0.25, 0.3) is 0 Å². The third-order valence-corrected chi connectivity index (χ3v) is 6.60. The summed E-state index contributed by atoms with van der Waals surface area (Å²) < 4.78 is 0. The number of rotatable bonds is 3. The van der Waals surface area contributed by atoms with Crippen LogP contribution in [0, 0.1) is 0 Å². The van der Waals surface area contributed by atoms with Gasteiger partial charge in [0.2, 0.25) is 0 Å². The van der Waals surface area contributed by atoms with E-state index in [2.05, 4.69) is 101 Å². The van der Waals surface area contributed by atoms with Gasteiger partial charge in [0.1, 0.15) is 0 Å². The van der Waals surface area contributed by atoms with Crippen LogP contribution in [0.4, 0.5) is 0 Å². The van der Waals surface area contributed by atoms with Crippen molar-refractivity contribution < 1.29 is 0 Å². The second-order valence-corrected chi connectivity index (χ2v) is 8.12. The van der Waals surface area contributed by atoms with Gasteiger partial charge in [-0.2, -0.15) is 0 Å². The van der Waals surface area contributed by atoms with E-state index in [1.165, 1.54) is 37.0 Å². The average Bonchev–Trinajstić information content (AvgIpc) is 3.23. The lowest BCUT2D eigenvalue weighted by Gasteiger charge is -2.08. The first-order chi connectivity index (χ1) is 13.3. The Hall–Kier alpha value is -2.49. The maximum Gasteiger partial charge on any atom is 0.0887 e. The number of para-hydroxylation sites is 1. The van der Waals surface area contributed by atoms with Crippen LogP contribution in [-0.2, 0) is 5.33 Å². The van der Waals surface area contributed by atoms with Gasteiger partial charge in [-0.1, -0.05) is 82.7 Å². The summed E-state index contributed by atoms with van der Waals surface area (Å²) in [5.41, 5.74) is 4.71. The predicted molar refractivity (Wildman–Crippen MR) is 121 cm³/mol. The molecule has 0 atom stereocenters. The van der Waals surface area contributed by atoms with Gasteiger partial charge in [0.05, 0.1) is 16.1 Å². The highest BCUT2D eigenvalue weighted by atomic mass is 79.9. The van der Waals surface area contributed by atoms with Crippen molar-refractivity contribution in [2.45, 2.75) is 5.33 Å². The summed E-state index contributed by atoms with van der Waals surface area (Å²) in [7, 11) is 0. The Morgan fingerprint density at radius 1 is 0.667 bits per heavy atom. The van der Waals surface area contributed by atoms with Crippen molar-refractivity contribution in [3.8, 4) is 21.0 Å². The zero-order valence-corrected chi connectivity index (χ0v) is 16.9. The summed E-state index contributed by atoms with van der Waals surface area (Å²) >= 11 is 5.42. The van der Waals surface area contributed by atoms with Crippen molar-refractivity contribution >= 4 is 48.9 Å². The van der Waals surface area contributed by atoms with E-state index in [1.54, 1.807) is 0 Å². The molecule has 0 N–H and O–H groups in total. The quantitative estimate of drug-likeness (QED) is 0.211. The number of nitrogens with zero attached hydrogens (tertiary/aromatic N) is 1. The molecule has 130 valence electrons. The Bertz CT molecular complexity index is 1270.